The van der Waals surface area contributed by atoms with E-state index < -0.39 is 0 Å². The van der Waals surface area contributed by atoms with Crippen molar-refractivity contribution in [2.24, 2.45) is 0 Å². The largest absolute Gasteiger partial charge is 0.365 e. The summed E-state index contributed by atoms with van der Waals surface area (Å²) in [6.07, 6.45) is 4.47. The van der Waals surface area contributed by atoms with Crippen LogP contribution in [0, 0.1) is 6.92 Å². The van der Waals surface area contributed by atoms with Gasteiger partial charge in [0, 0.05) is 17.9 Å². The molecule has 2 heteroatoms. The molecule has 22 heavy (non-hydrogen) atoms. The molecule has 1 aromatic heterocycles. The molecular formula is C20H22N2. The lowest BCUT2D eigenvalue weighted by Gasteiger charge is -2.31. The molecule has 1 aliphatic heterocycles. The summed E-state index contributed by atoms with van der Waals surface area (Å²) in [4.78, 5) is 3.32. The normalized spacial score (nSPS) is 22.0. The van der Waals surface area contributed by atoms with E-state index in [1.807, 2.05) is 0 Å². The van der Waals surface area contributed by atoms with Crippen LogP contribution in [0.25, 0.3) is 10.8 Å². The van der Waals surface area contributed by atoms with Gasteiger partial charge in [-0.05, 0) is 66.3 Å². The smallest absolute Gasteiger partial charge is 0.0326 e. The fourth-order valence-electron chi connectivity index (χ4n) is 3.79. The van der Waals surface area contributed by atoms with Crippen molar-refractivity contribution in [2.45, 2.75) is 31.7 Å². The third-order valence-corrected chi connectivity index (χ3v) is 5.02. The minimum Gasteiger partial charge on any atom is -0.365 e. The number of hydrogen-bond acceptors (Lipinski definition) is 1. The van der Waals surface area contributed by atoms with E-state index in [1.165, 1.54) is 40.4 Å². The maximum atomic E-state index is 3.70. The van der Waals surface area contributed by atoms with Gasteiger partial charge < -0.3 is 10.3 Å². The van der Waals surface area contributed by atoms with Crippen LogP contribution in [0.4, 0.5) is 0 Å². The molecule has 2 nitrogen and oxygen atoms in total. The number of fused-ring (bicyclic) bond motifs is 1. The van der Waals surface area contributed by atoms with Crippen LogP contribution in [-0.4, -0.2) is 11.5 Å². The average molecular weight is 290 g/mol. The molecule has 1 aliphatic rings. The summed E-state index contributed by atoms with van der Waals surface area (Å²) in [5, 5.41) is 6.36. The Hall–Kier alpha value is -2.06. The highest BCUT2D eigenvalue weighted by Gasteiger charge is 2.25. The highest BCUT2D eigenvalue weighted by atomic mass is 14.9. The maximum absolute atomic E-state index is 3.70. The summed E-state index contributed by atoms with van der Waals surface area (Å²) < 4.78 is 0. The number of aromatic nitrogens is 1. The van der Waals surface area contributed by atoms with Gasteiger partial charge in [-0.15, -0.1) is 0 Å². The predicted octanol–water partition coefficient (Wildman–Crippen LogP) is 4.68. The molecule has 0 amide bonds. The van der Waals surface area contributed by atoms with Crippen molar-refractivity contribution in [3.05, 3.63) is 71.5 Å². The first-order valence-electron chi connectivity index (χ1n) is 8.17. The molecular weight excluding hydrogens is 268 g/mol. The van der Waals surface area contributed by atoms with Crippen molar-refractivity contribution < 1.29 is 0 Å². The topological polar surface area (TPSA) is 27.8 Å². The van der Waals surface area contributed by atoms with Crippen LogP contribution in [-0.2, 0) is 0 Å². The third kappa shape index (κ3) is 2.44. The van der Waals surface area contributed by atoms with Gasteiger partial charge in [-0.3, -0.25) is 0 Å². The van der Waals surface area contributed by atoms with Crippen molar-refractivity contribution in [3.63, 3.8) is 0 Å². The molecule has 4 rings (SSSR count). The van der Waals surface area contributed by atoms with Gasteiger partial charge in [-0.2, -0.15) is 0 Å². The highest BCUT2D eigenvalue weighted by Crippen LogP contribution is 2.36. The SMILES string of the molecule is Cc1[nH]ccc1C1CCNC(c2ccc3ccccc3c2)C1. The van der Waals surface area contributed by atoms with E-state index in [4.69, 9.17) is 0 Å². The Bertz CT molecular complexity index is 787. The number of rotatable bonds is 2. The monoisotopic (exact) mass is 290 g/mol. The zero-order valence-electron chi connectivity index (χ0n) is 13.0. The van der Waals surface area contributed by atoms with Crippen LogP contribution in [0.15, 0.2) is 54.7 Å². The van der Waals surface area contributed by atoms with Gasteiger partial charge in [0.25, 0.3) is 0 Å². The molecule has 2 heterocycles. The lowest BCUT2D eigenvalue weighted by Crippen LogP contribution is -2.31. The molecule has 2 aromatic carbocycles. The van der Waals surface area contributed by atoms with Gasteiger partial charge in [0.1, 0.15) is 0 Å². The molecule has 0 spiro atoms. The van der Waals surface area contributed by atoms with E-state index in [-0.39, 0.29) is 0 Å². The zero-order chi connectivity index (χ0) is 14.9. The van der Waals surface area contributed by atoms with Crippen molar-refractivity contribution >= 4 is 10.8 Å². The second-order valence-corrected chi connectivity index (χ2v) is 6.39. The molecule has 3 aromatic rings. The van der Waals surface area contributed by atoms with Crippen LogP contribution in [0.1, 0.15) is 41.6 Å². The van der Waals surface area contributed by atoms with E-state index in [9.17, 15) is 0 Å². The van der Waals surface area contributed by atoms with Gasteiger partial charge in [-0.1, -0.05) is 36.4 Å². The number of nitrogens with one attached hydrogen (secondary N) is 2. The number of benzene rings is 2. The van der Waals surface area contributed by atoms with Gasteiger partial charge in [0.15, 0.2) is 0 Å². The minimum atomic E-state index is 0.456. The fraction of sp³-hybridized carbons (Fsp3) is 0.300. The Labute approximate surface area is 131 Å². The van der Waals surface area contributed by atoms with Crippen molar-refractivity contribution in [1.29, 1.82) is 0 Å². The van der Waals surface area contributed by atoms with Gasteiger partial charge in [0.05, 0.1) is 0 Å². The molecule has 2 unspecified atom stereocenters. The lowest BCUT2D eigenvalue weighted by molar-refractivity contribution is 0.369. The van der Waals surface area contributed by atoms with E-state index >= 15 is 0 Å². The van der Waals surface area contributed by atoms with E-state index in [0.29, 0.717) is 12.0 Å². The Morgan fingerprint density at radius 3 is 2.68 bits per heavy atom. The standard InChI is InChI=1S/C20H22N2/c1-14-19(9-11-21-14)17-8-10-22-20(13-17)18-7-6-15-4-2-3-5-16(15)12-18/h2-7,9,11-12,17,20-22H,8,10,13H2,1H3. The molecule has 0 radical (unpaired) electrons. The summed E-state index contributed by atoms with van der Waals surface area (Å²) >= 11 is 0. The number of aromatic amines is 1. The molecule has 1 saturated heterocycles. The van der Waals surface area contributed by atoms with Gasteiger partial charge >= 0.3 is 0 Å². The van der Waals surface area contributed by atoms with Gasteiger partial charge in [-0.25, -0.2) is 0 Å². The second-order valence-electron chi connectivity index (χ2n) is 6.39. The molecule has 1 fully saturated rings. The van der Waals surface area contributed by atoms with E-state index in [1.54, 1.807) is 0 Å². The van der Waals surface area contributed by atoms with Crippen LogP contribution in [0.3, 0.4) is 0 Å². The average Bonchev–Trinajstić information content (AvgIpc) is 3.00. The molecule has 2 atom stereocenters. The third-order valence-electron chi connectivity index (χ3n) is 5.02. The lowest BCUT2D eigenvalue weighted by atomic mass is 9.84. The first-order valence-corrected chi connectivity index (χ1v) is 8.17. The van der Waals surface area contributed by atoms with Crippen LogP contribution in [0.2, 0.25) is 0 Å². The molecule has 0 saturated carbocycles. The quantitative estimate of drug-likeness (QED) is 0.704. The summed E-state index contributed by atoms with van der Waals surface area (Å²) in [5.41, 5.74) is 4.23. The van der Waals surface area contributed by atoms with Crippen LogP contribution < -0.4 is 5.32 Å². The van der Waals surface area contributed by atoms with Crippen LogP contribution >= 0.6 is 0 Å². The number of piperidine rings is 1. The number of hydrogen-bond donors (Lipinski definition) is 2. The molecule has 0 bridgehead atoms. The molecule has 0 aliphatic carbocycles. The Morgan fingerprint density at radius 2 is 1.86 bits per heavy atom. The van der Waals surface area contributed by atoms with Crippen molar-refractivity contribution in [3.8, 4) is 0 Å². The Morgan fingerprint density at radius 1 is 1.00 bits per heavy atom. The predicted molar refractivity (Wildman–Crippen MR) is 92.2 cm³/mol. The number of aryl methyl sites for hydroxylation is 1. The zero-order valence-corrected chi connectivity index (χ0v) is 13.0. The number of H-pyrrole nitrogens is 1. The summed E-state index contributed by atoms with van der Waals surface area (Å²) in [7, 11) is 0. The molecule has 112 valence electrons. The fourth-order valence-corrected chi connectivity index (χ4v) is 3.79. The molecule has 2 N–H and O–H groups in total. The summed E-state index contributed by atoms with van der Waals surface area (Å²) in [5.74, 6) is 0.656. The summed E-state index contributed by atoms with van der Waals surface area (Å²) in [6.45, 7) is 3.27. The van der Waals surface area contributed by atoms with Crippen molar-refractivity contribution in [2.75, 3.05) is 6.54 Å². The Balaban J connectivity index is 1.62. The maximum Gasteiger partial charge on any atom is 0.0326 e. The first kappa shape index (κ1) is 13.6. The highest BCUT2D eigenvalue weighted by molar-refractivity contribution is 5.83. The van der Waals surface area contributed by atoms with Gasteiger partial charge in [0.2, 0.25) is 0 Å². The van der Waals surface area contributed by atoms with E-state index in [0.717, 1.165) is 6.54 Å². The van der Waals surface area contributed by atoms with E-state index in [2.05, 4.69) is 72.0 Å². The summed E-state index contributed by atoms with van der Waals surface area (Å²) in [6, 6.07) is 18.2. The van der Waals surface area contributed by atoms with Crippen LogP contribution in [0.5, 0.6) is 0 Å². The second kappa shape index (κ2) is 5.62. The Kier molecular flexibility index (Phi) is 3.47. The first-order chi connectivity index (χ1) is 10.8. The van der Waals surface area contributed by atoms with Crippen molar-refractivity contribution in [1.82, 2.24) is 10.3 Å². The minimum absolute atomic E-state index is 0.456.